The zero-order valence-corrected chi connectivity index (χ0v) is 17.0. The molecule has 4 rings (SSSR count). The molecule has 2 aliphatic heterocycles. The van der Waals surface area contributed by atoms with E-state index in [9.17, 15) is 4.79 Å². The quantitative estimate of drug-likeness (QED) is 0.838. The van der Waals surface area contributed by atoms with Crippen LogP contribution in [0.1, 0.15) is 31.4 Å². The summed E-state index contributed by atoms with van der Waals surface area (Å²) < 4.78 is 5.42. The highest BCUT2D eigenvalue weighted by atomic mass is 16.5. The van der Waals surface area contributed by atoms with Gasteiger partial charge in [-0.25, -0.2) is 9.97 Å². The van der Waals surface area contributed by atoms with E-state index in [0.29, 0.717) is 0 Å². The van der Waals surface area contributed by atoms with E-state index < -0.39 is 0 Å². The van der Waals surface area contributed by atoms with Gasteiger partial charge in [0.15, 0.2) is 0 Å². The van der Waals surface area contributed by atoms with Crippen molar-refractivity contribution in [2.75, 3.05) is 49.2 Å². The monoisotopic (exact) mass is 395 g/mol. The van der Waals surface area contributed by atoms with E-state index in [1.54, 1.807) is 6.33 Å². The molecule has 1 unspecified atom stereocenters. The van der Waals surface area contributed by atoms with Crippen LogP contribution in [0.2, 0.25) is 0 Å². The van der Waals surface area contributed by atoms with E-state index in [2.05, 4.69) is 43.3 Å². The van der Waals surface area contributed by atoms with Crippen LogP contribution < -0.4 is 15.1 Å². The third-order valence-electron chi connectivity index (χ3n) is 5.82. The van der Waals surface area contributed by atoms with Crippen molar-refractivity contribution in [3.8, 4) is 0 Å². The first kappa shape index (κ1) is 19.6. The summed E-state index contributed by atoms with van der Waals surface area (Å²) in [6, 6.07) is 12.2. The Kier molecular flexibility index (Phi) is 6.24. The van der Waals surface area contributed by atoms with Crippen molar-refractivity contribution < 1.29 is 9.53 Å². The van der Waals surface area contributed by atoms with E-state index in [0.717, 1.165) is 69.4 Å². The van der Waals surface area contributed by atoms with Gasteiger partial charge >= 0.3 is 0 Å². The number of carbonyl (C=O) groups excluding carboxylic acids is 1. The highest BCUT2D eigenvalue weighted by Gasteiger charge is 2.27. The molecule has 2 aromatic rings. The van der Waals surface area contributed by atoms with E-state index in [-0.39, 0.29) is 17.9 Å². The Morgan fingerprint density at radius 1 is 1.03 bits per heavy atom. The molecule has 2 fully saturated rings. The first-order chi connectivity index (χ1) is 14.2. The summed E-state index contributed by atoms with van der Waals surface area (Å²) in [4.78, 5) is 26.1. The number of aromatic nitrogens is 2. The molecular formula is C22H29N5O2. The molecule has 0 bridgehead atoms. The fourth-order valence-electron chi connectivity index (χ4n) is 4.00. The van der Waals surface area contributed by atoms with Crippen LogP contribution in [0.4, 0.5) is 11.6 Å². The van der Waals surface area contributed by atoms with Crippen molar-refractivity contribution in [1.29, 1.82) is 0 Å². The Hall–Kier alpha value is -2.67. The van der Waals surface area contributed by atoms with Crippen LogP contribution in [-0.4, -0.2) is 55.3 Å². The van der Waals surface area contributed by atoms with Crippen LogP contribution in [-0.2, 0) is 9.53 Å². The highest BCUT2D eigenvalue weighted by molar-refractivity contribution is 5.79. The van der Waals surface area contributed by atoms with Gasteiger partial charge in [-0.1, -0.05) is 30.3 Å². The molecule has 0 aliphatic carbocycles. The molecule has 1 amide bonds. The Morgan fingerprint density at radius 2 is 1.66 bits per heavy atom. The minimum absolute atomic E-state index is 0.0275. The van der Waals surface area contributed by atoms with Crippen LogP contribution in [0.15, 0.2) is 42.7 Å². The topological polar surface area (TPSA) is 70.6 Å². The second-order valence-corrected chi connectivity index (χ2v) is 7.74. The standard InChI is InChI=1S/C22H29N5O2/c1-17(18-5-3-2-4-6-18)25-22(28)19-7-9-26(10-8-19)20-15-21(24-16-23-20)27-11-13-29-14-12-27/h2-6,15-17,19H,7-14H2,1H3,(H,25,28). The maximum atomic E-state index is 12.7. The van der Waals surface area contributed by atoms with Crippen molar-refractivity contribution in [2.24, 2.45) is 5.92 Å². The van der Waals surface area contributed by atoms with E-state index >= 15 is 0 Å². The lowest BCUT2D eigenvalue weighted by molar-refractivity contribution is -0.126. The summed E-state index contributed by atoms with van der Waals surface area (Å²) in [6.45, 7) is 6.89. The average Bonchev–Trinajstić information content (AvgIpc) is 2.80. The summed E-state index contributed by atoms with van der Waals surface area (Å²) in [5.41, 5.74) is 1.13. The molecule has 1 N–H and O–H groups in total. The lowest BCUT2D eigenvalue weighted by atomic mass is 9.95. The Labute approximate surface area is 172 Å². The van der Waals surface area contributed by atoms with Gasteiger partial charge in [0.1, 0.15) is 18.0 Å². The molecule has 2 saturated heterocycles. The number of carbonyl (C=O) groups is 1. The van der Waals surface area contributed by atoms with Gasteiger partial charge in [0.2, 0.25) is 5.91 Å². The summed E-state index contributed by atoms with van der Waals surface area (Å²) in [5.74, 6) is 2.10. The molecule has 0 saturated carbocycles. The Morgan fingerprint density at radius 3 is 2.31 bits per heavy atom. The fourth-order valence-corrected chi connectivity index (χ4v) is 4.00. The normalized spacial score (nSPS) is 19.1. The van der Waals surface area contributed by atoms with E-state index in [1.807, 2.05) is 25.1 Å². The predicted octanol–water partition coefficient (Wildman–Crippen LogP) is 2.41. The van der Waals surface area contributed by atoms with Crippen LogP contribution in [0.25, 0.3) is 0 Å². The molecule has 0 radical (unpaired) electrons. The number of hydrogen-bond acceptors (Lipinski definition) is 6. The fraction of sp³-hybridized carbons (Fsp3) is 0.500. The molecule has 29 heavy (non-hydrogen) atoms. The van der Waals surface area contributed by atoms with Crippen molar-refractivity contribution in [1.82, 2.24) is 15.3 Å². The molecule has 1 aromatic carbocycles. The molecule has 3 heterocycles. The van der Waals surface area contributed by atoms with Crippen molar-refractivity contribution >= 4 is 17.5 Å². The van der Waals surface area contributed by atoms with Crippen molar-refractivity contribution in [3.63, 3.8) is 0 Å². The van der Waals surface area contributed by atoms with Gasteiger partial charge in [-0.2, -0.15) is 0 Å². The highest BCUT2D eigenvalue weighted by Crippen LogP contribution is 2.25. The second kappa shape index (κ2) is 9.22. The van der Waals surface area contributed by atoms with Crippen LogP contribution in [0.3, 0.4) is 0 Å². The SMILES string of the molecule is CC(NC(=O)C1CCN(c2cc(N3CCOCC3)ncn2)CC1)c1ccccc1. The number of amides is 1. The van der Waals surface area contributed by atoms with Gasteiger partial charge in [0.25, 0.3) is 0 Å². The molecule has 154 valence electrons. The van der Waals surface area contributed by atoms with E-state index in [4.69, 9.17) is 4.74 Å². The van der Waals surface area contributed by atoms with Crippen LogP contribution >= 0.6 is 0 Å². The smallest absolute Gasteiger partial charge is 0.223 e. The molecule has 1 atom stereocenters. The Bertz CT molecular complexity index is 802. The molecule has 0 spiro atoms. The number of hydrogen-bond donors (Lipinski definition) is 1. The predicted molar refractivity (Wildman–Crippen MR) is 113 cm³/mol. The van der Waals surface area contributed by atoms with Crippen LogP contribution in [0, 0.1) is 5.92 Å². The zero-order chi connectivity index (χ0) is 20.1. The van der Waals surface area contributed by atoms with Gasteiger partial charge in [0.05, 0.1) is 19.3 Å². The number of nitrogens with one attached hydrogen (secondary N) is 1. The van der Waals surface area contributed by atoms with Gasteiger partial charge in [-0.05, 0) is 25.3 Å². The number of piperidine rings is 1. The number of morpholine rings is 1. The number of benzene rings is 1. The number of ether oxygens (including phenoxy) is 1. The van der Waals surface area contributed by atoms with Gasteiger partial charge < -0.3 is 19.9 Å². The maximum Gasteiger partial charge on any atom is 0.223 e. The maximum absolute atomic E-state index is 12.7. The molecule has 7 heteroatoms. The lowest BCUT2D eigenvalue weighted by Crippen LogP contribution is -2.41. The summed E-state index contributed by atoms with van der Waals surface area (Å²) in [6.07, 6.45) is 3.31. The van der Waals surface area contributed by atoms with Crippen molar-refractivity contribution in [2.45, 2.75) is 25.8 Å². The van der Waals surface area contributed by atoms with Gasteiger partial charge in [-0.3, -0.25) is 4.79 Å². The lowest BCUT2D eigenvalue weighted by Gasteiger charge is -2.33. The minimum Gasteiger partial charge on any atom is -0.378 e. The first-order valence-corrected chi connectivity index (χ1v) is 10.5. The number of anilines is 2. The van der Waals surface area contributed by atoms with Gasteiger partial charge in [0, 0.05) is 38.2 Å². The first-order valence-electron chi connectivity index (χ1n) is 10.5. The molecule has 1 aromatic heterocycles. The van der Waals surface area contributed by atoms with Gasteiger partial charge in [-0.15, -0.1) is 0 Å². The summed E-state index contributed by atoms with van der Waals surface area (Å²) in [7, 11) is 0. The zero-order valence-electron chi connectivity index (χ0n) is 17.0. The molecule has 7 nitrogen and oxygen atoms in total. The summed E-state index contributed by atoms with van der Waals surface area (Å²) >= 11 is 0. The van der Waals surface area contributed by atoms with Crippen LogP contribution in [0.5, 0.6) is 0 Å². The minimum atomic E-state index is 0.0275. The Balaban J connectivity index is 1.31. The molecular weight excluding hydrogens is 366 g/mol. The summed E-state index contributed by atoms with van der Waals surface area (Å²) in [5, 5.41) is 3.17. The average molecular weight is 396 g/mol. The second-order valence-electron chi connectivity index (χ2n) is 7.74. The van der Waals surface area contributed by atoms with E-state index in [1.165, 1.54) is 0 Å². The molecule has 2 aliphatic rings. The third kappa shape index (κ3) is 4.85. The number of rotatable bonds is 5. The third-order valence-corrected chi connectivity index (χ3v) is 5.82. The number of nitrogens with zero attached hydrogens (tertiary/aromatic N) is 4. The largest absolute Gasteiger partial charge is 0.378 e. The van der Waals surface area contributed by atoms with Crippen molar-refractivity contribution in [3.05, 3.63) is 48.3 Å².